The fraction of sp³-hybridized carbons (Fsp3) is 0.923. The molecule has 0 aromatic rings. The molecule has 2 N–H and O–H groups in total. The molecule has 0 aromatic carbocycles. The molecule has 0 radical (unpaired) electrons. The van der Waals surface area contributed by atoms with Crippen molar-refractivity contribution in [1.29, 1.82) is 0 Å². The molecule has 0 aliphatic rings. The Morgan fingerprint density at radius 3 is 2.47 bits per heavy atom. The molecule has 0 fully saturated rings. The van der Waals surface area contributed by atoms with Gasteiger partial charge in [0.1, 0.15) is 6.61 Å². The van der Waals surface area contributed by atoms with Crippen LogP contribution in [0.1, 0.15) is 46.5 Å². The SMILES string of the molecule is CCCOCCOC(=O)C(C)CCCC(C)N. The lowest BCUT2D eigenvalue weighted by molar-refractivity contribution is -0.149. The normalized spacial score (nSPS) is 14.4. The Kier molecular flexibility index (Phi) is 10.2. The second-order valence-corrected chi connectivity index (χ2v) is 4.59. The van der Waals surface area contributed by atoms with Crippen molar-refractivity contribution >= 4 is 5.97 Å². The molecule has 2 unspecified atom stereocenters. The van der Waals surface area contributed by atoms with Crippen LogP contribution in [0.2, 0.25) is 0 Å². The average Bonchev–Trinajstić information content (AvgIpc) is 2.27. The maximum absolute atomic E-state index is 11.5. The number of rotatable bonds is 10. The molecule has 2 atom stereocenters. The van der Waals surface area contributed by atoms with Crippen molar-refractivity contribution < 1.29 is 14.3 Å². The van der Waals surface area contributed by atoms with Gasteiger partial charge in [-0.25, -0.2) is 0 Å². The quantitative estimate of drug-likeness (QED) is 0.473. The zero-order valence-corrected chi connectivity index (χ0v) is 11.4. The fourth-order valence-corrected chi connectivity index (χ4v) is 1.45. The summed E-state index contributed by atoms with van der Waals surface area (Å²) in [6, 6.07) is 0.209. The second-order valence-electron chi connectivity index (χ2n) is 4.59. The van der Waals surface area contributed by atoms with E-state index in [9.17, 15) is 4.79 Å². The number of nitrogens with two attached hydrogens (primary N) is 1. The van der Waals surface area contributed by atoms with E-state index in [4.69, 9.17) is 15.2 Å². The van der Waals surface area contributed by atoms with Crippen molar-refractivity contribution in [1.82, 2.24) is 0 Å². The average molecular weight is 245 g/mol. The first-order chi connectivity index (χ1) is 8.07. The molecule has 0 aliphatic carbocycles. The van der Waals surface area contributed by atoms with E-state index in [-0.39, 0.29) is 17.9 Å². The highest BCUT2D eigenvalue weighted by Gasteiger charge is 2.13. The van der Waals surface area contributed by atoms with Gasteiger partial charge in [0.15, 0.2) is 0 Å². The van der Waals surface area contributed by atoms with E-state index in [1.165, 1.54) is 0 Å². The van der Waals surface area contributed by atoms with Crippen LogP contribution in [0.4, 0.5) is 0 Å². The Balaban J connectivity index is 3.47. The van der Waals surface area contributed by atoms with Gasteiger partial charge in [-0.15, -0.1) is 0 Å². The van der Waals surface area contributed by atoms with Crippen molar-refractivity contribution in [3.63, 3.8) is 0 Å². The first-order valence-electron chi connectivity index (χ1n) is 6.57. The van der Waals surface area contributed by atoms with Gasteiger partial charge >= 0.3 is 5.97 Å². The van der Waals surface area contributed by atoms with E-state index in [0.29, 0.717) is 13.2 Å². The maximum atomic E-state index is 11.5. The first kappa shape index (κ1) is 16.4. The summed E-state index contributed by atoms with van der Waals surface area (Å²) in [5, 5.41) is 0. The highest BCUT2D eigenvalue weighted by atomic mass is 16.6. The molecule has 0 bridgehead atoms. The number of carbonyl (C=O) groups is 1. The number of esters is 1. The molecule has 102 valence electrons. The molecular formula is C13H27NO3. The van der Waals surface area contributed by atoms with Crippen LogP contribution in [0.5, 0.6) is 0 Å². The predicted octanol–water partition coefficient (Wildman–Crippen LogP) is 2.11. The fourth-order valence-electron chi connectivity index (χ4n) is 1.45. The Morgan fingerprint density at radius 1 is 1.18 bits per heavy atom. The minimum Gasteiger partial charge on any atom is -0.463 e. The minimum atomic E-state index is -0.130. The van der Waals surface area contributed by atoms with Crippen LogP contribution in [0.15, 0.2) is 0 Å². The van der Waals surface area contributed by atoms with Gasteiger partial charge in [0.2, 0.25) is 0 Å². The topological polar surface area (TPSA) is 61.5 Å². The van der Waals surface area contributed by atoms with E-state index in [1.54, 1.807) is 0 Å². The molecule has 0 saturated heterocycles. The summed E-state index contributed by atoms with van der Waals surface area (Å²) >= 11 is 0. The van der Waals surface area contributed by atoms with E-state index in [0.717, 1.165) is 32.3 Å². The van der Waals surface area contributed by atoms with Gasteiger partial charge in [0.05, 0.1) is 12.5 Å². The lowest BCUT2D eigenvalue weighted by Crippen LogP contribution is -2.19. The van der Waals surface area contributed by atoms with Crippen LogP contribution in [-0.2, 0) is 14.3 Å². The van der Waals surface area contributed by atoms with E-state index in [2.05, 4.69) is 0 Å². The van der Waals surface area contributed by atoms with Crippen LogP contribution in [0, 0.1) is 5.92 Å². The molecule has 0 saturated carbocycles. The van der Waals surface area contributed by atoms with Crippen LogP contribution >= 0.6 is 0 Å². The third kappa shape index (κ3) is 10.3. The van der Waals surface area contributed by atoms with Crippen molar-refractivity contribution in [2.45, 2.75) is 52.5 Å². The van der Waals surface area contributed by atoms with Gasteiger partial charge in [0, 0.05) is 12.6 Å². The molecule has 4 nitrogen and oxygen atoms in total. The number of hydrogen-bond donors (Lipinski definition) is 1. The van der Waals surface area contributed by atoms with Crippen molar-refractivity contribution in [3.05, 3.63) is 0 Å². The summed E-state index contributed by atoms with van der Waals surface area (Å²) in [6.45, 7) is 7.50. The summed E-state index contributed by atoms with van der Waals surface area (Å²) < 4.78 is 10.3. The van der Waals surface area contributed by atoms with Crippen LogP contribution in [-0.4, -0.2) is 31.8 Å². The van der Waals surface area contributed by atoms with Gasteiger partial charge in [-0.05, 0) is 26.2 Å². The Bertz CT molecular complexity index is 195. The standard InChI is InChI=1S/C13H27NO3/c1-4-8-16-9-10-17-13(15)11(2)6-5-7-12(3)14/h11-12H,4-10,14H2,1-3H3. The van der Waals surface area contributed by atoms with Gasteiger partial charge in [-0.3, -0.25) is 4.79 Å². The summed E-state index contributed by atoms with van der Waals surface area (Å²) in [4.78, 5) is 11.5. The molecule has 0 heterocycles. The first-order valence-corrected chi connectivity index (χ1v) is 6.57. The molecular weight excluding hydrogens is 218 g/mol. The third-order valence-electron chi connectivity index (χ3n) is 2.52. The van der Waals surface area contributed by atoms with E-state index in [1.807, 2.05) is 20.8 Å². The predicted molar refractivity (Wildman–Crippen MR) is 68.7 cm³/mol. The summed E-state index contributed by atoms with van der Waals surface area (Å²) in [5.74, 6) is -0.172. The monoisotopic (exact) mass is 245 g/mol. The van der Waals surface area contributed by atoms with Crippen LogP contribution in [0.3, 0.4) is 0 Å². The van der Waals surface area contributed by atoms with Crippen LogP contribution in [0.25, 0.3) is 0 Å². The van der Waals surface area contributed by atoms with Crippen molar-refractivity contribution in [2.24, 2.45) is 11.7 Å². The highest BCUT2D eigenvalue weighted by Crippen LogP contribution is 2.10. The van der Waals surface area contributed by atoms with E-state index >= 15 is 0 Å². The Hall–Kier alpha value is -0.610. The second kappa shape index (κ2) is 10.5. The molecule has 0 aliphatic heterocycles. The van der Waals surface area contributed by atoms with Crippen LogP contribution < -0.4 is 5.73 Å². The molecule has 0 aromatic heterocycles. The summed E-state index contributed by atoms with van der Waals surface area (Å²) in [5.41, 5.74) is 5.65. The zero-order chi connectivity index (χ0) is 13.1. The van der Waals surface area contributed by atoms with Gasteiger partial charge < -0.3 is 15.2 Å². The van der Waals surface area contributed by atoms with Crippen molar-refractivity contribution in [2.75, 3.05) is 19.8 Å². The van der Waals surface area contributed by atoms with E-state index < -0.39 is 0 Å². The molecule has 0 spiro atoms. The minimum absolute atomic E-state index is 0.0417. The summed E-state index contributed by atoms with van der Waals surface area (Å²) in [7, 11) is 0. The van der Waals surface area contributed by atoms with Crippen molar-refractivity contribution in [3.8, 4) is 0 Å². The zero-order valence-electron chi connectivity index (χ0n) is 11.4. The molecule has 0 rings (SSSR count). The van der Waals surface area contributed by atoms with Gasteiger partial charge in [-0.1, -0.05) is 20.3 Å². The molecule has 4 heteroatoms. The Morgan fingerprint density at radius 2 is 1.88 bits per heavy atom. The maximum Gasteiger partial charge on any atom is 0.308 e. The molecule has 0 amide bonds. The third-order valence-corrected chi connectivity index (χ3v) is 2.52. The highest BCUT2D eigenvalue weighted by molar-refractivity contribution is 5.71. The van der Waals surface area contributed by atoms with Gasteiger partial charge in [0.25, 0.3) is 0 Å². The Labute approximate surface area is 105 Å². The number of hydrogen-bond acceptors (Lipinski definition) is 4. The largest absolute Gasteiger partial charge is 0.463 e. The lowest BCUT2D eigenvalue weighted by Gasteiger charge is -2.12. The number of ether oxygens (including phenoxy) is 2. The smallest absolute Gasteiger partial charge is 0.308 e. The molecule has 17 heavy (non-hydrogen) atoms. The number of carbonyl (C=O) groups excluding carboxylic acids is 1. The lowest BCUT2D eigenvalue weighted by atomic mass is 10.0. The van der Waals surface area contributed by atoms with Gasteiger partial charge in [-0.2, -0.15) is 0 Å². The summed E-state index contributed by atoms with van der Waals surface area (Å²) in [6.07, 6.45) is 3.76.